The zero-order valence-electron chi connectivity index (χ0n) is 12.4. The van der Waals surface area contributed by atoms with Crippen molar-refractivity contribution < 1.29 is 14.6 Å². The highest BCUT2D eigenvalue weighted by Crippen LogP contribution is 2.34. The third kappa shape index (κ3) is 3.51. The van der Waals surface area contributed by atoms with Crippen LogP contribution >= 0.6 is 0 Å². The summed E-state index contributed by atoms with van der Waals surface area (Å²) < 4.78 is 5.67. The maximum Gasteiger partial charge on any atom is 0.317 e. The lowest BCUT2D eigenvalue weighted by Gasteiger charge is -2.38. The maximum absolute atomic E-state index is 11.1. The van der Waals surface area contributed by atoms with Crippen molar-refractivity contribution in [2.24, 2.45) is 0 Å². The second-order valence-electron chi connectivity index (χ2n) is 6.32. The molecule has 1 aliphatic heterocycles. The zero-order chi connectivity index (χ0) is 14.8. The van der Waals surface area contributed by atoms with Crippen LogP contribution in [0, 0.1) is 0 Å². The van der Waals surface area contributed by atoms with E-state index in [0.29, 0.717) is 12.5 Å². The molecule has 0 radical (unpaired) electrons. The van der Waals surface area contributed by atoms with Crippen LogP contribution in [0.5, 0.6) is 5.75 Å². The minimum absolute atomic E-state index is 0.0724. The van der Waals surface area contributed by atoms with Crippen molar-refractivity contribution in [3.63, 3.8) is 0 Å². The molecule has 0 aromatic heterocycles. The van der Waals surface area contributed by atoms with Crippen LogP contribution in [0.1, 0.15) is 38.7 Å². The third-order valence-electron chi connectivity index (χ3n) is 3.80. The quantitative estimate of drug-likeness (QED) is 0.919. The largest absolute Gasteiger partial charge is 0.493 e. The number of fused-ring (bicyclic) bond motifs is 1. The highest BCUT2D eigenvalue weighted by Gasteiger charge is 2.29. The predicted octanol–water partition coefficient (Wildman–Crippen LogP) is 2.74. The zero-order valence-corrected chi connectivity index (χ0v) is 12.4. The van der Waals surface area contributed by atoms with Crippen LogP contribution in [0.25, 0.3) is 0 Å². The van der Waals surface area contributed by atoms with Gasteiger partial charge in [0.15, 0.2) is 0 Å². The Kier molecular flexibility index (Phi) is 4.33. The molecular formula is C16H23NO3. The summed E-state index contributed by atoms with van der Waals surface area (Å²) in [5.74, 6) is 0.492. The second-order valence-corrected chi connectivity index (χ2v) is 6.32. The van der Waals surface area contributed by atoms with Crippen molar-refractivity contribution in [1.82, 2.24) is 4.90 Å². The summed E-state index contributed by atoms with van der Waals surface area (Å²) in [4.78, 5) is 13.1. The number of nitrogens with zero attached hydrogens (tertiary/aromatic N) is 1. The average Bonchev–Trinajstić information content (AvgIpc) is 2.37. The van der Waals surface area contributed by atoms with E-state index in [4.69, 9.17) is 9.84 Å². The minimum atomic E-state index is -0.778. The van der Waals surface area contributed by atoms with Crippen molar-refractivity contribution in [3.8, 4) is 5.75 Å². The molecule has 0 aliphatic carbocycles. The predicted molar refractivity (Wildman–Crippen MR) is 78.3 cm³/mol. The van der Waals surface area contributed by atoms with Crippen LogP contribution in [0.15, 0.2) is 24.3 Å². The first-order chi connectivity index (χ1) is 9.38. The molecule has 0 fully saturated rings. The number of para-hydroxylation sites is 1. The molecule has 110 valence electrons. The SMILES string of the molecule is CC(C)(C)N(CC(=O)O)CC1CCOc2ccccc21. The number of benzene rings is 1. The molecule has 20 heavy (non-hydrogen) atoms. The number of carbonyl (C=O) groups is 1. The van der Waals surface area contributed by atoms with Gasteiger partial charge in [-0.25, -0.2) is 0 Å². The Balaban J connectivity index is 2.17. The van der Waals surface area contributed by atoms with Crippen molar-refractivity contribution in [2.75, 3.05) is 19.7 Å². The molecule has 4 nitrogen and oxygen atoms in total. The molecule has 1 atom stereocenters. The molecule has 1 unspecified atom stereocenters. The van der Waals surface area contributed by atoms with Gasteiger partial charge in [-0.1, -0.05) is 18.2 Å². The molecule has 0 amide bonds. The van der Waals surface area contributed by atoms with Gasteiger partial charge in [-0.05, 0) is 38.8 Å². The number of ether oxygens (including phenoxy) is 1. The van der Waals surface area contributed by atoms with Gasteiger partial charge >= 0.3 is 5.97 Å². The first-order valence-electron chi connectivity index (χ1n) is 7.06. The van der Waals surface area contributed by atoms with Crippen LogP contribution in [-0.4, -0.2) is 41.2 Å². The van der Waals surface area contributed by atoms with Crippen molar-refractivity contribution in [1.29, 1.82) is 0 Å². The fraction of sp³-hybridized carbons (Fsp3) is 0.562. The first-order valence-corrected chi connectivity index (χ1v) is 7.06. The normalized spacial score (nSPS) is 18.5. The lowest BCUT2D eigenvalue weighted by atomic mass is 9.91. The highest BCUT2D eigenvalue weighted by molar-refractivity contribution is 5.69. The van der Waals surface area contributed by atoms with Gasteiger partial charge in [0.2, 0.25) is 0 Å². The van der Waals surface area contributed by atoms with E-state index in [9.17, 15) is 4.79 Å². The van der Waals surface area contributed by atoms with Gasteiger partial charge in [-0.3, -0.25) is 9.69 Å². The molecule has 2 rings (SSSR count). The summed E-state index contributed by atoms with van der Waals surface area (Å²) in [5.41, 5.74) is 1.03. The van der Waals surface area contributed by atoms with Gasteiger partial charge in [0.05, 0.1) is 13.2 Å². The molecule has 0 saturated heterocycles. The molecule has 1 aromatic rings. The average molecular weight is 277 g/mol. The van der Waals surface area contributed by atoms with E-state index in [2.05, 4.69) is 26.8 Å². The van der Waals surface area contributed by atoms with E-state index in [1.54, 1.807) is 0 Å². The molecule has 0 saturated carbocycles. The minimum Gasteiger partial charge on any atom is -0.493 e. The third-order valence-corrected chi connectivity index (χ3v) is 3.80. The Hall–Kier alpha value is -1.55. The molecule has 0 bridgehead atoms. The molecule has 0 spiro atoms. The van der Waals surface area contributed by atoms with Crippen molar-refractivity contribution >= 4 is 5.97 Å². The van der Waals surface area contributed by atoms with E-state index >= 15 is 0 Å². The Labute approximate surface area is 120 Å². The van der Waals surface area contributed by atoms with Gasteiger partial charge in [0, 0.05) is 18.0 Å². The number of rotatable bonds is 4. The van der Waals surface area contributed by atoms with E-state index < -0.39 is 5.97 Å². The number of hydrogen-bond donors (Lipinski definition) is 1. The van der Waals surface area contributed by atoms with E-state index in [1.807, 2.05) is 23.1 Å². The smallest absolute Gasteiger partial charge is 0.317 e. The van der Waals surface area contributed by atoms with E-state index in [-0.39, 0.29) is 12.1 Å². The first kappa shape index (κ1) is 14.9. The fourth-order valence-electron chi connectivity index (χ4n) is 2.61. The van der Waals surface area contributed by atoms with Crippen LogP contribution in [0.3, 0.4) is 0 Å². The second kappa shape index (κ2) is 5.83. The summed E-state index contributed by atoms with van der Waals surface area (Å²) in [6.45, 7) is 7.69. The fourth-order valence-corrected chi connectivity index (χ4v) is 2.61. The van der Waals surface area contributed by atoms with Gasteiger partial charge < -0.3 is 9.84 Å². The lowest BCUT2D eigenvalue weighted by molar-refractivity contribution is -0.139. The van der Waals surface area contributed by atoms with Crippen molar-refractivity contribution in [2.45, 2.75) is 38.6 Å². The summed E-state index contributed by atoms with van der Waals surface area (Å²) >= 11 is 0. The van der Waals surface area contributed by atoms with Crippen LogP contribution in [-0.2, 0) is 4.79 Å². The van der Waals surface area contributed by atoms with Crippen LogP contribution in [0.4, 0.5) is 0 Å². The number of hydrogen-bond acceptors (Lipinski definition) is 3. The highest BCUT2D eigenvalue weighted by atomic mass is 16.5. The molecule has 1 aliphatic rings. The monoisotopic (exact) mass is 277 g/mol. The Morgan fingerprint density at radius 3 is 2.75 bits per heavy atom. The van der Waals surface area contributed by atoms with Crippen molar-refractivity contribution in [3.05, 3.63) is 29.8 Å². The standard InChI is InChI=1S/C16H23NO3/c1-16(2,3)17(11-15(18)19)10-12-8-9-20-14-7-5-4-6-13(12)14/h4-7,12H,8-11H2,1-3H3,(H,18,19). The van der Waals surface area contributed by atoms with Gasteiger partial charge in [0.1, 0.15) is 5.75 Å². The van der Waals surface area contributed by atoms with Gasteiger partial charge in [0.25, 0.3) is 0 Å². The maximum atomic E-state index is 11.1. The van der Waals surface area contributed by atoms with E-state index in [1.165, 1.54) is 5.56 Å². The van der Waals surface area contributed by atoms with E-state index in [0.717, 1.165) is 18.7 Å². The Bertz CT molecular complexity index is 479. The lowest BCUT2D eigenvalue weighted by Crippen LogP contribution is -2.46. The molecule has 1 heterocycles. The summed E-state index contributed by atoms with van der Waals surface area (Å²) in [7, 11) is 0. The molecule has 1 N–H and O–H groups in total. The summed E-state index contributed by atoms with van der Waals surface area (Å²) in [6, 6.07) is 8.06. The molecular weight excluding hydrogens is 254 g/mol. The summed E-state index contributed by atoms with van der Waals surface area (Å²) in [5, 5.41) is 9.11. The topological polar surface area (TPSA) is 49.8 Å². The van der Waals surface area contributed by atoms with Gasteiger partial charge in [-0.15, -0.1) is 0 Å². The summed E-state index contributed by atoms with van der Waals surface area (Å²) in [6.07, 6.45) is 0.934. The number of carboxylic acids is 1. The Morgan fingerprint density at radius 2 is 2.10 bits per heavy atom. The van der Waals surface area contributed by atoms with Gasteiger partial charge in [-0.2, -0.15) is 0 Å². The molecule has 4 heteroatoms. The number of aliphatic carboxylic acids is 1. The van der Waals surface area contributed by atoms with Crippen LogP contribution in [0.2, 0.25) is 0 Å². The number of carboxylic acid groups (broad SMARTS) is 1. The van der Waals surface area contributed by atoms with Crippen LogP contribution < -0.4 is 4.74 Å². The Morgan fingerprint density at radius 1 is 1.40 bits per heavy atom. The molecule has 1 aromatic carbocycles.